The van der Waals surface area contributed by atoms with Gasteiger partial charge in [-0.1, -0.05) is 282 Å². The van der Waals surface area contributed by atoms with Crippen molar-refractivity contribution in [3.63, 3.8) is 0 Å². The maximum absolute atomic E-state index is 12.8. The Bertz CT molecular complexity index is 1130. The molecule has 6 heteroatoms. The molecule has 0 fully saturated rings. The Hall–Kier alpha value is -2.37. The molecule has 0 bridgehead atoms. The number of unbranched alkanes of at least 4 members (excludes halogenated alkanes) is 37. The fourth-order valence-corrected chi connectivity index (χ4v) is 8.75. The molecule has 6 nitrogen and oxygen atoms in total. The van der Waals surface area contributed by atoms with E-state index >= 15 is 0 Å². The maximum atomic E-state index is 12.8. The number of hydrogen-bond acceptors (Lipinski definition) is 6. The van der Waals surface area contributed by atoms with E-state index in [1.54, 1.807) is 0 Å². The van der Waals surface area contributed by atoms with Gasteiger partial charge in [0, 0.05) is 19.3 Å². The number of ether oxygens (including phenoxy) is 3. The lowest BCUT2D eigenvalue weighted by Crippen LogP contribution is -2.30. The van der Waals surface area contributed by atoms with Gasteiger partial charge in [0.1, 0.15) is 13.2 Å². The third-order valence-electron chi connectivity index (χ3n) is 13.2. The van der Waals surface area contributed by atoms with Gasteiger partial charge < -0.3 is 14.2 Å². The van der Waals surface area contributed by atoms with Crippen molar-refractivity contribution in [2.75, 3.05) is 13.2 Å². The van der Waals surface area contributed by atoms with Crippen LogP contribution in [-0.2, 0) is 28.6 Å². The summed E-state index contributed by atoms with van der Waals surface area (Å²) in [6, 6.07) is 0. The number of carbonyl (C=O) groups is 3. The zero-order valence-electron chi connectivity index (χ0n) is 44.9. The third kappa shape index (κ3) is 54.4. The Morgan fingerprint density at radius 1 is 0.313 bits per heavy atom. The van der Waals surface area contributed by atoms with Crippen molar-refractivity contribution in [2.45, 2.75) is 322 Å². The highest BCUT2D eigenvalue weighted by Crippen LogP contribution is 2.17. The van der Waals surface area contributed by atoms with E-state index in [1.165, 1.54) is 180 Å². The summed E-state index contributed by atoms with van der Waals surface area (Å²) in [7, 11) is 0. The molecule has 0 aromatic rings. The van der Waals surface area contributed by atoms with Crippen molar-refractivity contribution in [1.29, 1.82) is 0 Å². The topological polar surface area (TPSA) is 78.9 Å². The Morgan fingerprint density at radius 2 is 0.582 bits per heavy atom. The normalized spacial score (nSPS) is 12.2. The number of hydrogen-bond donors (Lipinski definition) is 0. The van der Waals surface area contributed by atoms with E-state index in [0.717, 1.165) is 96.3 Å². The Kier molecular flexibility index (Phi) is 54.2. The maximum Gasteiger partial charge on any atom is 0.306 e. The number of allylic oxidation sites excluding steroid dienone is 6. The molecule has 0 saturated carbocycles. The predicted molar refractivity (Wildman–Crippen MR) is 289 cm³/mol. The molecule has 0 aliphatic carbocycles. The lowest BCUT2D eigenvalue weighted by Gasteiger charge is -2.18. The quantitative estimate of drug-likeness (QED) is 0.0262. The largest absolute Gasteiger partial charge is 0.462 e. The van der Waals surface area contributed by atoms with Crippen molar-refractivity contribution in [3.05, 3.63) is 36.5 Å². The zero-order valence-corrected chi connectivity index (χ0v) is 44.9. The minimum atomic E-state index is -0.777. The highest BCUT2D eigenvalue weighted by Gasteiger charge is 2.19. The summed E-state index contributed by atoms with van der Waals surface area (Å²) in [5.41, 5.74) is 0. The van der Waals surface area contributed by atoms with Gasteiger partial charge in [0.2, 0.25) is 0 Å². The smallest absolute Gasteiger partial charge is 0.306 e. The zero-order chi connectivity index (χ0) is 48.6. The average Bonchev–Trinajstić information content (AvgIpc) is 3.33. The van der Waals surface area contributed by atoms with E-state index in [2.05, 4.69) is 57.2 Å². The van der Waals surface area contributed by atoms with Gasteiger partial charge in [-0.2, -0.15) is 0 Å². The van der Waals surface area contributed by atoms with Crippen molar-refractivity contribution < 1.29 is 28.6 Å². The highest BCUT2D eigenvalue weighted by molar-refractivity contribution is 5.71. The van der Waals surface area contributed by atoms with Crippen LogP contribution in [0.2, 0.25) is 0 Å². The van der Waals surface area contributed by atoms with Crippen LogP contribution in [0.15, 0.2) is 36.5 Å². The molecule has 0 aromatic carbocycles. The SMILES string of the molecule is CC/C=C\C/C=C\C/C=C\CCCCCCCC(=O)O[C@@H](COC(=O)CCCCCCCCCCCCCCC)COC(=O)CCCCCCCCCCCCCCCCCCCCCCC. The second kappa shape index (κ2) is 56.2. The lowest BCUT2D eigenvalue weighted by molar-refractivity contribution is -0.167. The summed E-state index contributed by atoms with van der Waals surface area (Å²) in [5.74, 6) is -0.872. The molecule has 67 heavy (non-hydrogen) atoms. The van der Waals surface area contributed by atoms with Gasteiger partial charge in [0.05, 0.1) is 0 Å². The number of carbonyl (C=O) groups excluding carboxylic acids is 3. The summed E-state index contributed by atoms with van der Waals surface area (Å²) in [4.78, 5) is 38.1. The summed E-state index contributed by atoms with van der Waals surface area (Å²) in [5, 5.41) is 0. The molecule has 0 radical (unpaired) electrons. The molecule has 392 valence electrons. The van der Waals surface area contributed by atoms with Crippen LogP contribution in [-0.4, -0.2) is 37.2 Å². The first-order valence-electron chi connectivity index (χ1n) is 29.5. The van der Waals surface area contributed by atoms with Crippen LogP contribution in [0.25, 0.3) is 0 Å². The number of esters is 3. The fourth-order valence-electron chi connectivity index (χ4n) is 8.75. The first-order chi connectivity index (χ1) is 33.0. The molecule has 0 aliphatic heterocycles. The summed E-state index contributed by atoms with van der Waals surface area (Å²) >= 11 is 0. The molecule has 0 heterocycles. The van der Waals surface area contributed by atoms with Crippen LogP contribution in [0.3, 0.4) is 0 Å². The van der Waals surface area contributed by atoms with Gasteiger partial charge in [-0.15, -0.1) is 0 Å². The highest BCUT2D eigenvalue weighted by atomic mass is 16.6. The van der Waals surface area contributed by atoms with Crippen LogP contribution < -0.4 is 0 Å². The first-order valence-corrected chi connectivity index (χ1v) is 29.5. The van der Waals surface area contributed by atoms with Gasteiger partial charge in [0.15, 0.2) is 6.10 Å². The van der Waals surface area contributed by atoms with Crippen molar-refractivity contribution >= 4 is 17.9 Å². The molecule has 0 aliphatic rings. The third-order valence-corrected chi connectivity index (χ3v) is 13.2. The Balaban J connectivity index is 4.29. The molecule has 0 rings (SSSR count). The average molecular weight is 942 g/mol. The van der Waals surface area contributed by atoms with Crippen LogP contribution in [0, 0.1) is 0 Å². The molecule has 0 N–H and O–H groups in total. The lowest BCUT2D eigenvalue weighted by atomic mass is 10.0. The van der Waals surface area contributed by atoms with Gasteiger partial charge >= 0.3 is 17.9 Å². The standard InChI is InChI=1S/C61H112O6/c1-4-7-10-13-16-19-22-25-27-28-29-30-31-32-34-36-39-42-45-48-51-54-60(63)66-57-58(56-65-59(62)53-50-47-44-41-38-35-24-21-18-15-12-9-6-3)67-61(64)55-52-49-46-43-40-37-33-26-23-20-17-14-11-8-5-2/h8,11,17,20,26,33,58H,4-7,9-10,12-16,18-19,21-25,27-32,34-57H2,1-3H3/b11-8-,20-17-,33-26-/t58-/m0/s1. The second-order valence-corrected chi connectivity index (χ2v) is 19.9. The number of rotatable bonds is 54. The van der Waals surface area contributed by atoms with E-state index in [-0.39, 0.29) is 31.1 Å². The van der Waals surface area contributed by atoms with E-state index in [9.17, 15) is 14.4 Å². The molecular weight excluding hydrogens is 829 g/mol. The molecule has 0 unspecified atom stereocenters. The monoisotopic (exact) mass is 941 g/mol. The minimum Gasteiger partial charge on any atom is -0.462 e. The molecule has 0 amide bonds. The van der Waals surface area contributed by atoms with Crippen molar-refractivity contribution in [3.8, 4) is 0 Å². The van der Waals surface area contributed by atoms with Gasteiger partial charge in [-0.3, -0.25) is 14.4 Å². The van der Waals surface area contributed by atoms with Crippen LogP contribution in [0.5, 0.6) is 0 Å². The summed E-state index contributed by atoms with van der Waals surface area (Å²) in [6.45, 7) is 6.56. The Labute approximate surface area is 416 Å². The summed E-state index contributed by atoms with van der Waals surface area (Å²) < 4.78 is 16.9. The van der Waals surface area contributed by atoms with Crippen LogP contribution in [0.4, 0.5) is 0 Å². The molecule has 0 spiro atoms. The van der Waals surface area contributed by atoms with E-state index < -0.39 is 6.10 Å². The molecular formula is C61H112O6. The van der Waals surface area contributed by atoms with Crippen LogP contribution in [0.1, 0.15) is 316 Å². The molecule has 0 aromatic heterocycles. The molecule has 0 saturated heterocycles. The van der Waals surface area contributed by atoms with Gasteiger partial charge in [0.25, 0.3) is 0 Å². The van der Waals surface area contributed by atoms with Crippen molar-refractivity contribution in [2.24, 2.45) is 0 Å². The van der Waals surface area contributed by atoms with Gasteiger partial charge in [-0.25, -0.2) is 0 Å². The second-order valence-electron chi connectivity index (χ2n) is 19.9. The minimum absolute atomic E-state index is 0.0743. The van der Waals surface area contributed by atoms with Crippen molar-refractivity contribution in [1.82, 2.24) is 0 Å². The fraction of sp³-hybridized carbons (Fsp3) is 0.852. The Morgan fingerprint density at radius 3 is 0.910 bits per heavy atom. The predicted octanol–water partition coefficient (Wildman–Crippen LogP) is 19.7. The summed E-state index contributed by atoms with van der Waals surface area (Å²) in [6.07, 6.45) is 67.1. The van der Waals surface area contributed by atoms with Crippen LogP contribution >= 0.6 is 0 Å². The molecule has 1 atom stereocenters. The van der Waals surface area contributed by atoms with E-state index in [4.69, 9.17) is 14.2 Å². The first kappa shape index (κ1) is 64.6. The van der Waals surface area contributed by atoms with Gasteiger partial charge in [-0.05, 0) is 51.4 Å². The van der Waals surface area contributed by atoms with E-state index in [0.29, 0.717) is 19.3 Å². The van der Waals surface area contributed by atoms with E-state index in [1.807, 2.05) is 0 Å².